The lowest BCUT2D eigenvalue weighted by Gasteiger charge is -2.25. The van der Waals surface area contributed by atoms with Crippen LogP contribution in [0.3, 0.4) is 0 Å². The Hall–Kier alpha value is -2.26. The lowest BCUT2D eigenvalue weighted by atomic mass is 10.2. The maximum Gasteiger partial charge on any atom is 0.266 e. The molecule has 1 saturated heterocycles. The normalized spacial score (nSPS) is 16.2. The van der Waals surface area contributed by atoms with Crippen molar-refractivity contribution in [3.05, 3.63) is 64.7 Å². The number of morpholine rings is 1. The number of fused-ring (bicyclic) bond motifs is 1. The molecule has 3 aromatic rings. The quantitative estimate of drug-likeness (QED) is 0.462. The van der Waals surface area contributed by atoms with Gasteiger partial charge in [0.2, 0.25) is 0 Å². The number of hydrogen-bond acceptors (Lipinski definition) is 5. The van der Waals surface area contributed by atoms with Gasteiger partial charge in [0.1, 0.15) is 31.6 Å². The highest BCUT2D eigenvalue weighted by molar-refractivity contribution is 7.99. The fourth-order valence-electron chi connectivity index (χ4n) is 3.48. The fourth-order valence-corrected chi connectivity index (χ4v) is 4.41. The summed E-state index contributed by atoms with van der Waals surface area (Å²) >= 11 is 1.27. The Labute approximate surface area is 171 Å². The number of nitrogens with one attached hydrogen (secondary N) is 1. The topological polar surface area (TPSA) is 68.8 Å². The molecule has 4 rings (SSSR count). The number of aliphatic hydroxyl groups excluding tert-OH is 1. The maximum absolute atomic E-state index is 14.5. The molecule has 1 atom stereocenters. The SMILES string of the molecule is O=c1c2ccccc2nc(SC[C@@H](O)C[NH+]2CCOCC2)n1-c1ccccc1F. The van der Waals surface area contributed by atoms with E-state index in [2.05, 4.69) is 4.98 Å². The third-order valence-corrected chi connectivity index (χ3v) is 6.05. The molecule has 29 heavy (non-hydrogen) atoms. The highest BCUT2D eigenvalue weighted by atomic mass is 32.2. The van der Waals surface area contributed by atoms with Gasteiger partial charge in [-0.3, -0.25) is 9.36 Å². The highest BCUT2D eigenvalue weighted by Crippen LogP contribution is 2.23. The number of rotatable bonds is 6. The molecule has 0 bridgehead atoms. The molecule has 8 heteroatoms. The van der Waals surface area contributed by atoms with Crippen molar-refractivity contribution in [2.45, 2.75) is 11.3 Å². The minimum absolute atomic E-state index is 0.159. The van der Waals surface area contributed by atoms with E-state index in [1.165, 1.54) is 27.3 Å². The summed E-state index contributed by atoms with van der Waals surface area (Å²) in [7, 11) is 0. The molecule has 1 aliphatic rings. The van der Waals surface area contributed by atoms with Gasteiger partial charge in [0.15, 0.2) is 5.16 Å². The van der Waals surface area contributed by atoms with Gasteiger partial charge < -0.3 is 14.7 Å². The van der Waals surface area contributed by atoms with Crippen LogP contribution in [0.2, 0.25) is 0 Å². The van der Waals surface area contributed by atoms with Crippen molar-refractivity contribution in [1.82, 2.24) is 9.55 Å². The summed E-state index contributed by atoms with van der Waals surface area (Å²) in [6.45, 7) is 3.75. The van der Waals surface area contributed by atoms with Crippen molar-refractivity contribution >= 4 is 22.7 Å². The van der Waals surface area contributed by atoms with Crippen molar-refractivity contribution in [1.29, 1.82) is 0 Å². The van der Waals surface area contributed by atoms with E-state index in [-0.39, 0.29) is 11.2 Å². The molecule has 2 N–H and O–H groups in total. The third kappa shape index (κ3) is 4.51. The summed E-state index contributed by atoms with van der Waals surface area (Å²) in [5.74, 6) is -0.129. The van der Waals surface area contributed by atoms with Crippen LogP contribution in [0.5, 0.6) is 0 Å². The van der Waals surface area contributed by atoms with Crippen LogP contribution in [-0.2, 0) is 4.74 Å². The maximum atomic E-state index is 14.5. The second kappa shape index (κ2) is 9.04. The molecule has 0 spiro atoms. The molecule has 0 amide bonds. The van der Waals surface area contributed by atoms with Gasteiger partial charge in [0.05, 0.1) is 29.8 Å². The van der Waals surface area contributed by atoms with E-state index >= 15 is 0 Å². The van der Waals surface area contributed by atoms with E-state index in [0.717, 1.165) is 13.1 Å². The van der Waals surface area contributed by atoms with E-state index in [1.807, 2.05) is 6.07 Å². The summed E-state index contributed by atoms with van der Waals surface area (Å²) < 4.78 is 21.1. The molecular weight excluding hydrogens is 393 g/mol. The molecule has 2 aromatic carbocycles. The standard InChI is InChI=1S/C21H22FN3O3S/c22-17-6-2-4-8-19(17)25-20(27)16-5-1-3-7-18(16)23-21(25)29-14-15(26)13-24-9-11-28-12-10-24/h1-8,15,26H,9-14H2/p+1/t15-/m0/s1. The predicted molar refractivity (Wildman–Crippen MR) is 110 cm³/mol. The third-order valence-electron chi connectivity index (χ3n) is 4.97. The number of para-hydroxylation sites is 2. The molecule has 2 heterocycles. The van der Waals surface area contributed by atoms with E-state index in [1.54, 1.807) is 36.4 Å². The molecule has 0 radical (unpaired) electrons. The zero-order valence-corrected chi connectivity index (χ0v) is 16.7. The van der Waals surface area contributed by atoms with E-state index in [9.17, 15) is 14.3 Å². The Morgan fingerprint density at radius 3 is 2.69 bits per heavy atom. The number of thioether (sulfide) groups is 1. The average Bonchev–Trinajstić information content (AvgIpc) is 2.74. The second-order valence-corrected chi connectivity index (χ2v) is 8.02. The number of halogens is 1. The summed E-state index contributed by atoms with van der Waals surface area (Å²) in [6.07, 6.45) is -0.564. The summed E-state index contributed by atoms with van der Waals surface area (Å²) in [5, 5.41) is 11.3. The smallest absolute Gasteiger partial charge is 0.266 e. The first-order valence-electron chi connectivity index (χ1n) is 9.62. The molecule has 0 saturated carbocycles. The number of aromatic nitrogens is 2. The molecule has 1 aliphatic heterocycles. The van der Waals surface area contributed by atoms with Crippen LogP contribution in [0, 0.1) is 5.82 Å². The van der Waals surface area contributed by atoms with Gasteiger partial charge in [-0.05, 0) is 24.3 Å². The first-order valence-corrected chi connectivity index (χ1v) is 10.6. The van der Waals surface area contributed by atoms with Gasteiger partial charge in [-0.15, -0.1) is 0 Å². The molecule has 1 fully saturated rings. The Balaban J connectivity index is 1.64. The molecular formula is C21H23FN3O3S+. The number of aliphatic hydroxyl groups is 1. The van der Waals surface area contributed by atoms with Gasteiger partial charge >= 0.3 is 0 Å². The van der Waals surface area contributed by atoms with Crippen molar-refractivity contribution in [3.8, 4) is 5.69 Å². The first-order chi connectivity index (χ1) is 14.1. The second-order valence-electron chi connectivity index (χ2n) is 7.03. The van der Waals surface area contributed by atoms with Crippen molar-refractivity contribution in [2.75, 3.05) is 38.6 Å². The van der Waals surface area contributed by atoms with Gasteiger partial charge in [0.25, 0.3) is 5.56 Å². The molecule has 6 nitrogen and oxygen atoms in total. The number of quaternary nitrogens is 1. The first kappa shape index (κ1) is 20.0. The van der Waals surface area contributed by atoms with Gasteiger partial charge in [0, 0.05) is 5.75 Å². The molecule has 0 unspecified atom stereocenters. The van der Waals surface area contributed by atoms with Crippen LogP contribution in [0.15, 0.2) is 58.5 Å². The van der Waals surface area contributed by atoms with E-state index in [0.29, 0.717) is 41.6 Å². The van der Waals surface area contributed by atoms with Crippen LogP contribution >= 0.6 is 11.8 Å². The minimum atomic E-state index is -0.564. The number of nitrogens with zero attached hydrogens (tertiary/aromatic N) is 2. The number of ether oxygens (including phenoxy) is 1. The summed E-state index contributed by atoms with van der Waals surface area (Å²) in [5.41, 5.74) is 0.393. The Morgan fingerprint density at radius 2 is 1.90 bits per heavy atom. The fraction of sp³-hybridized carbons (Fsp3) is 0.333. The van der Waals surface area contributed by atoms with Crippen LogP contribution in [-0.4, -0.2) is 59.4 Å². The largest absolute Gasteiger partial charge is 0.386 e. The van der Waals surface area contributed by atoms with Gasteiger partial charge in [-0.2, -0.15) is 0 Å². The van der Waals surface area contributed by atoms with Crippen molar-refractivity contribution in [2.24, 2.45) is 0 Å². The average molecular weight is 416 g/mol. The lowest BCUT2D eigenvalue weighted by molar-refractivity contribution is -0.910. The highest BCUT2D eigenvalue weighted by Gasteiger charge is 2.21. The molecule has 1 aromatic heterocycles. The van der Waals surface area contributed by atoms with Crippen LogP contribution in [0.25, 0.3) is 16.6 Å². The Bertz CT molecular complexity index is 1050. The lowest BCUT2D eigenvalue weighted by Crippen LogP contribution is -3.15. The van der Waals surface area contributed by atoms with Crippen molar-refractivity contribution < 1.29 is 19.1 Å². The van der Waals surface area contributed by atoms with E-state index in [4.69, 9.17) is 4.74 Å². The Morgan fingerprint density at radius 1 is 1.17 bits per heavy atom. The van der Waals surface area contributed by atoms with Crippen LogP contribution < -0.4 is 10.5 Å². The van der Waals surface area contributed by atoms with Crippen molar-refractivity contribution in [3.63, 3.8) is 0 Å². The summed E-state index contributed by atoms with van der Waals surface area (Å²) in [6, 6.07) is 13.2. The van der Waals surface area contributed by atoms with E-state index < -0.39 is 11.9 Å². The van der Waals surface area contributed by atoms with Gasteiger partial charge in [-0.1, -0.05) is 36.0 Å². The molecule has 0 aliphatic carbocycles. The molecule has 152 valence electrons. The summed E-state index contributed by atoms with van der Waals surface area (Å²) in [4.78, 5) is 19.0. The predicted octanol–water partition coefficient (Wildman–Crippen LogP) is 0.893. The van der Waals surface area contributed by atoms with Crippen LogP contribution in [0.1, 0.15) is 0 Å². The van der Waals surface area contributed by atoms with Crippen LogP contribution in [0.4, 0.5) is 4.39 Å². The monoisotopic (exact) mass is 416 g/mol. The number of benzene rings is 2. The Kier molecular flexibility index (Phi) is 6.25. The van der Waals surface area contributed by atoms with Gasteiger partial charge in [-0.25, -0.2) is 9.37 Å². The zero-order chi connectivity index (χ0) is 20.2. The minimum Gasteiger partial charge on any atom is -0.386 e. The zero-order valence-electron chi connectivity index (χ0n) is 15.9. The number of hydrogen-bond donors (Lipinski definition) is 2.